The van der Waals surface area contributed by atoms with Crippen molar-refractivity contribution in [3.05, 3.63) is 57.5 Å². The minimum Gasteiger partial charge on any atom is -0.399 e. The Morgan fingerprint density at radius 3 is 2.83 bits per heavy atom. The van der Waals surface area contributed by atoms with E-state index in [1.807, 2.05) is 35.8 Å². The first-order chi connectivity index (χ1) is 11.3. The van der Waals surface area contributed by atoms with Crippen molar-refractivity contribution >= 4 is 34.2 Å². The molecule has 0 saturated heterocycles. The van der Waals surface area contributed by atoms with Crippen molar-refractivity contribution in [2.75, 3.05) is 26.7 Å². The summed E-state index contributed by atoms with van der Waals surface area (Å²) in [6.07, 6.45) is 5.13. The van der Waals surface area contributed by atoms with Crippen LogP contribution in [0.15, 0.2) is 47.1 Å². The van der Waals surface area contributed by atoms with Gasteiger partial charge < -0.3 is 4.84 Å². The molecule has 2 aromatic rings. The Labute approximate surface area is 145 Å². The van der Waals surface area contributed by atoms with Crippen LogP contribution in [0.4, 0.5) is 0 Å². The zero-order chi connectivity index (χ0) is 16.1. The van der Waals surface area contributed by atoms with Gasteiger partial charge in [-0.25, -0.2) is 4.98 Å². The van der Waals surface area contributed by atoms with E-state index in [1.54, 1.807) is 18.4 Å². The van der Waals surface area contributed by atoms with Crippen LogP contribution in [0.5, 0.6) is 0 Å². The molecule has 3 rings (SSSR count). The third kappa shape index (κ3) is 4.19. The molecular weight excluding hydrogens is 330 g/mol. The highest BCUT2D eigenvalue weighted by atomic mass is 35.5. The Morgan fingerprint density at radius 1 is 1.39 bits per heavy atom. The summed E-state index contributed by atoms with van der Waals surface area (Å²) in [6, 6.07) is 7.69. The first-order valence-corrected chi connectivity index (χ1v) is 8.69. The largest absolute Gasteiger partial charge is 0.399 e. The van der Waals surface area contributed by atoms with Crippen LogP contribution >= 0.6 is 22.9 Å². The van der Waals surface area contributed by atoms with E-state index in [9.17, 15) is 0 Å². The molecule has 0 radical (unpaired) electrons. The third-order valence-electron chi connectivity index (χ3n) is 3.75. The molecule has 0 atom stereocenters. The molecule has 0 N–H and O–H groups in total. The molecule has 23 heavy (non-hydrogen) atoms. The molecule has 6 heteroatoms. The van der Waals surface area contributed by atoms with Crippen LogP contribution in [0.1, 0.15) is 17.0 Å². The number of nitrogens with zero attached hydrogens (tertiary/aromatic N) is 3. The monoisotopic (exact) mass is 347 g/mol. The van der Waals surface area contributed by atoms with Gasteiger partial charge in [0.2, 0.25) is 0 Å². The maximum Gasteiger partial charge on any atom is 0.118 e. The number of rotatable bonds is 5. The van der Waals surface area contributed by atoms with Gasteiger partial charge in [-0.3, -0.25) is 4.90 Å². The van der Waals surface area contributed by atoms with Gasteiger partial charge in [-0.05, 0) is 24.1 Å². The van der Waals surface area contributed by atoms with Gasteiger partial charge in [0, 0.05) is 41.8 Å². The van der Waals surface area contributed by atoms with Crippen molar-refractivity contribution in [2.24, 2.45) is 5.16 Å². The van der Waals surface area contributed by atoms with Crippen molar-refractivity contribution in [1.29, 1.82) is 0 Å². The molecular formula is C17H18ClN3OS. The fourth-order valence-electron chi connectivity index (χ4n) is 2.57. The van der Waals surface area contributed by atoms with Gasteiger partial charge in [0.15, 0.2) is 0 Å². The SMILES string of the molecule is CO/N=C(\CN1CC=C(c2nccs2)CC1)c1ccc(Cl)cc1. The van der Waals surface area contributed by atoms with Crippen molar-refractivity contribution < 1.29 is 4.84 Å². The minimum absolute atomic E-state index is 0.722. The second kappa shape index (κ2) is 7.73. The van der Waals surface area contributed by atoms with Crippen molar-refractivity contribution in [3.63, 3.8) is 0 Å². The number of hydrogen-bond donors (Lipinski definition) is 0. The lowest BCUT2D eigenvalue weighted by Crippen LogP contribution is -2.34. The lowest BCUT2D eigenvalue weighted by Gasteiger charge is -2.26. The minimum atomic E-state index is 0.722. The van der Waals surface area contributed by atoms with Gasteiger partial charge in [0.05, 0.1) is 0 Å². The summed E-state index contributed by atoms with van der Waals surface area (Å²) in [5, 5.41) is 8.06. The Morgan fingerprint density at radius 2 is 2.22 bits per heavy atom. The van der Waals surface area contributed by atoms with Crippen molar-refractivity contribution in [1.82, 2.24) is 9.88 Å². The predicted octanol–water partition coefficient (Wildman–Crippen LogP) is 3.94. The highest BCUT2D eigenvalue weighted by molar-refractivity contribution is 7.10. The lowest BCUT2D eigenvalue weighted by atomic mass is 10.1. The lowest BCUT2D eigenvalue weighted by molar-refractivity contribution is 0.210. The number of oxime groups is 1. The summed E-state index contributed by atoms with van der Waals surface area (Å²) >= 11 is 7.65. The summed E-state index contributed by atoms with van der Waals surface area (Å²) in [5.41, 5.74) is 3.29. The molecule has 0 unspecified atom stereocenters. The van der Waals surface area contributed by atoms with E-state index in [2.05, 4.69) is 21.1 Å². The molecule has 2 heterocycles. The summed E-state index contributed by atoms with van der Waals surface area (Å²) in [5.74, 6) is 0. The third-order valence-corrected chi connectivity index (χ3v) is 4.85. The molecule has 0 spiro atoms. The van der Waals surface area contributed by atoms with Gasteiger partial charge >= 0.3 is 0 Å². The fourth-order valence-corrected chi connectivity index (χ4v) is 3.40. The Bertz CT molecular complexity index is 695. The van der Waals surface area contributed by atoms with Crippen LogP contribution in [-0.4, -0.2) is 42.3 Å². The maximum absolute atomic E-state index is 5.96. The maximum atomic E-state index is 5.96. The van der Waals surface area contributed by atoms with E-state index in [1.165, 1.54) is 5.57 Å². The Kier molecular flexibility index (Phi) is 5.43. The normalized spacial score (nSPS) is 16.3. The van der Waals surface area contributed by atoms with Crippen LogP contribution in [0.25, 0.3) is 5.57 Å². The summed E-state index contributed by atoms with van der Waals surface area (Å²) in [6.45, 7) is 2.63. The summed E-state index contributed by atoms with van der Waals surface area (Å²) in [7, 11) is 1.58. The molecule has 0 fully saturated rings. The molecule has 120 valence electrons. The molecule has 0 bridgehead atoms. The molecule has 0 aliphatic carbocycles. The van der Waals surface area contributed by atoms with E-state index >= 15 is 0 Å². The number of benzene rings is 1. The van der Waals surface area contributed by atoms with Crippen LogP contribution < -0.4 is 0 Å². The molecule has 0 amide bonds. The number of aromatic nitrogens is 1. The van der Waals surface area contributed by atoms with Crippen molar-refractivity contribution in [3.8, 4) is 0 Å². The van der Waals surface area contributed by atoms with E-state index in [-0.39, 0.29) is 0 Å². The smallest absolute Gasteiger partial charge is 0.118 e. The first kappa shape index (κ1) is 16.2. The second-order valence-electron chi connectivity index (χ2n) is 5.28. The molecule has 1 aromatic carbocycles. The highest BCUT2D eigenvalue weighted by Gasteiger charge is 2.17. The van der Waals surface area contributed by atoms with E-state index in [0.717, 1.165) is 47.4 Å². The number of hydrogen-bond acceptors (Lipinski definition) is 5. The van der Waals surface area contributed by atoms with E-state index in [0.29, 0.717) is 0 Å². The standard InChI is InChI=1S/C17H18ClN3OS/c1-22-20-16(13-2-4-15(18)5-3-13)12-21-9-6-14(7-10-21)17-19-8-11-23-17/h2-6,8,11H,7,9-10,12H2,1H3/b20-16+. The number of thiazole rings is 1. The van der Waals surface area contributed by atoms with Gasteiger partial charge in [0.1, 0.15) is 17.8 Å². The molecule has 0 saturated carbocycles. The predicted molar refractivity (Wildman–Crippen MR) is 96.1 cm³/mol. The topological polar surface area (TPSA) is 37.7 Å². The molecule has 1 aliphatic heterocycles. The molecule has 4 nitrogen and oxygen atoms in total. The molecule has 1 aromatic heterocycles. The highest BCUT2D eigenvalue weighted by Crippen LogP contribution is 2.24. The number of halogens is 1. The summed E-state index contributed by atoms with van der Waals surface area (Å²) in [4.78, 5) is 11.8. The average molecular weight is 348 g/mol. The van der Waals surface area contributed by atoms with E-state index < -0.39 is 0 Å². The van der Waals surface area contributed by atoms with Gasteiger partial charge in [-0.1, -0.05) is 35.0 Å². The van der Waals surface area contributed by atoms with Crippen LogP contribution in [0, 0.1) is 0 Å². The molecule has 1 aliphatic rings. The van der Waals surface area contributed by atoms with Crippen LogP contribution in [0.2, 0.25) is 5.02 Å². The first-order valence-electron chi connectivity index (χ1n) is 7.43. The van der Waals surface area contributed by atoms with Gasteiger partial charge in [0.25, 0.3) is 0 Å². The Hall–Kier alpha value is -1.69. The Balaban J connectivity index is 1.68. The van der Waals surface area contributed by atoms with Crippen LogP contribution in [-0.2, 0) is 4.84 Å². The fraction of sp³-hybridized carbons (Fsp3) is 0.294. The zero-order valence-electron chi connectivity index (χ0n) is 12.9. The quantitative estimate of drug-likeness (QED) is 0.607. The van der Waals surface area contributed by atoms with Gasteiger partial charge in [-0.2, -0.15) is 0 Å². The average Bonchev–Trinajstić information content (AvgIpc) is 3.10. The van der Waals surface area contributed by atoms with Gasteiger partial charge in [-0.15, -0.1) is 11.3 Å². The summed E-state index contributed by atoms with van der Waals surface area (Å²) < 4.78 is 0. The van der Waals surface area contributed by atoms with E-state index in [4.69, 9.17) is 16.4 Å². The van der Waals surface area contributed by atoms with Crippen molar-refractivity contribution in [2.45, 2.75) is 6.42 Å². The second-order valence-corrected chi connectivity index (χ2v) is 6.61. The zero-order valence-corrected chi connectivity index (χ0v) is 14.5. The van der Waals surface area contributed by atoms with Crippen LogP contribution in [0.3, 0.4) is 0 Å².